The number of hydrogen-bond acceptors (Lipinski definition) is 2. The first-order chi connectivity index (χ1) is 10.7. The highest BCUT2D eigenvalue weighted by molar-refractivity contribution is 5.70. The lowest BCUT2D eigenvalue weighted by molar-refractivity contribution is -0.142. The van der Waals surface area contributed by atoms with Crippen molar-refractivity contribution < 1.29 is 18.7 Å². The fourth-order valence-electron chi connectivity index (χ4n) is 3.28. The summed E-state index contributed by atoms with van der Waals surface area (Å²) in [6.45, 7) is 6.03. The number of carbonyl (C=O) groups is 1. The first-order valence-corrected chi connectivity index (χ1v) is 8.12. The van der Waals surface area contributed by atoms with E-state index in [1.54, 1.807) is 0 Å². The molecule has 2 rings (SSSR count). The topological polar surface area (TPSA) is 49.3 Å². The van der Waals surface area contributed by atoms with E-state index in [-0.39, 0.29) is 23.4 Å². The van der Waals surface area contributed by atoms with Gasteiger partial charge in [-0.05, 0) is 37.2 Å². The molecule has 2 N–H and O–H groups in total. The molecule has 23 heavy (non-hydrogen) atoms. The molecule has 1 aliphatic carbocycles. The lowest BCUT2D eigenvalue weighted by Crippen LogP contribution is -2.42. The second kappa shape index (κ2) is 6.95. The molecule has 0 bridgehead atoms. The zero-order valence-electron chi connectivity index (χ0n) is 13.9. The molecule has 0 aliphatic heterocycles. The summed E-state index contributed by atoms with van der Waals surface area (Å²) in [4.78, 5) is 11.0. The minimum atomic E-state index is -0.736. The summed E-state index contributed by atoms with van der Waals surface area (Å²) in [5.74, 6) is -2.14. The van der Waals surface area contributed by atoms with Crippen LogP contribution in [0.3, 0.4) is 0 Å². The van der Waals surface area contributed by atoms with Gasteiger partial charge < -0.3 is 10.4 Å². The van der Waals surface area contributed by atoms with E-state index in [2.05, 4.69) is 5.32 Å². The standard InChI is InChI=1S/C18H25F2NO2/c1-18(2,3)16(14-9-6-12(19)10-15(14)20)21-13-7-4-11(5-8-13)17(22)23/h6,9-11,13,16,21H,4-5,7-8H2,1-3H3,(H,22,23). The summed E-state index contributed by atoms with van der Waals surface area (Å²) in [5, 5.41) is 12.5. The van der Waals surface area contributed by atoms with Crippen molar-refractivity contribution in [3.63, 3.8) is 0 Å². The molecule has 1 saturated carbocycles. The van der Waals surface area contributed by atoms with Crippen molar-refractivity contribution >= 4 is 5.97 Å². The molecule has 1 unspecified atom stereocenters. The predicted molar refractivity (Wildman–Crippen MR) is 85.1 cm³/mol. The third-order valence-electron chi connectivity index (χ3n) is 4.62. The Morgan fingerprint density at radius 3 is 2.30 bits per heavy atom. The Hall–Kier alpha value is -1.49. The average molecular weight is 325 g/mol. The van der Waals surface area contributed by atoms with E-state index in [0.717, 1.165) is 18.9 Å². The van der Waals surface area contributed by atoms with Crippen LogP contribution in [0.25, 0.3) is 0 Å². The van der Waals surface area contributed by atoms with Crippen molar-refractivity contribution in [2.45, 2.75) is 58.5 Å². The van der Waals surface area contributed by atoms with Gasteiger partial charge in [-0.3, -0.25) is 4.79 Å². The Bertz CT molecular complexity index is 561. The summed E-state index contributed by atoms with van der Waals surface area (Å²) >= 11 is 0. The molecule has 1 aliphatic rings. The van der Waals surface area contributed by atoms with Crippen molar-refractivity contribution in [1.29, 1.82) is 0 Å². The van der Waals surface area contributed by atoms with Gasteiger partial charge in [0, 0.05) is 23.7 Å². The van der Waals surface area contributed by atoms with Crippen LogP contribution in [-0.2, 0) is 4.79 Å². The predicted octanol–water partition coefficient (Wildman–Crippen LogP) is 4.29. The monoisotopic (exact) mass is 325 g/mol. The van der Waals surface area contributed by atoms with E-state index < -0.39 is 17.6 Å². The Balaban J connectivity index is 2.13. The fraction of sp³-hybridized carbons (Fsp3) is 0.611. The quantitative estimate of drug-likeness (QED) is 0.868. The first kappa shape index (κ1) is 17.9. The van der Waals surface area contributed by atoms with E-state index in [4.69, 9.17) is 5.11 Å². The maximum Gasteiger partial charge on any atom is 0.306 e. The Morgan fingerprint density at radius 1 is 1.22 bits per heavy atom. The highest BCUT2D eigenvalue weighted by atomic mass is 19.1. The van der Waals surface area contributed by atoms with Crippen LogP contribution >= 0.6 is 0 Å². The molecule has 0 aromatic heterocycles. The molecule has 0 radical (unpaired) electrons. The van der Waals surface area contributed by atoms with Gasteiger partial charge in [-0.15, -0.1) is 0 Å². The van der Waals surface area contributed by atoms with Crippen LogP contribution in [0.2, 0.25) is 0 Å². The molecule has 0 heterocycles. The maximum atomic E-state index is 14.2. The number of aliphatic carboxylic acids is 1. The van der Waals surface area contributed by atoms with Gasteiger partial charge in [-0.1, -0.05) is 26.8 Å². The number of benzene rings is 1. The third kappa shape index (κ3) is 4.50. The van der Waals surface area contributed by atoms with Gasteiger partial charge in [0.1, 0.15) is 11.6 Å². The number of carboxylic acids is 1. The average Bonchev–Trinajstić information content (AvgIpc) is 2.45. The molecular weight excluding hydrogens is 300 g/mol. The van der Waals surface area contributed by atoms with Crippen LogP contribution < -0.4 is 5.32 Å². The highest BCUT2D eigenvalue weighted by Gasteiger charge is 2.33. The van der Waals surface area contributed by atoms with Crippen LogP contribution in [0.4, 0.5) is 8.78 Å². The summed E-state index contributed by atoms with van der Waals surface area (Å²) < 4.78 is 27.4. The van der Waals surface area contributed by atoms with Gasteiger partial charge in [0.2, 0.25) is 0 Å². The molecule has 128 valence electrons. The van der Waals surface area contributed by atoms with Crippen molar-refractivity contribution in [3.8, 4) is 0 Å². The number of carboxylic acid groups (broad SMARTS) is 1. The molecule has 0 spiro atoms. The van der Waals surface area contributed by atoms with Gasteiger partial charge in [-0.25, -0.2) is 8.78 Å². The summed E-state index contributed by atoms with van der Waals surface area (Å²) in [6, 6.07) is 3.59. The van der Waals surface area contributed by atoms with E-state index in [1.807, 2.05) is 20.8 Å². The van der Waals surface area contributed by atoms with Crippen molar-refractivity contribution in [1.82, 2.24) is 5.32 Å². The zero-order valence-corrected chi connectivity index (χ0v) is 13.9. The second-order valence-electron chi connectivity index (χ2n) is 7.52. The van der Waals surface area contributed by atoms with Crippen molar-refractivity contribution in [3.05, 3.63) is 35.4 Å². The van der Waals surface area contributed by atoms with E-state index >= 15 is 0 Å². The highest BCUT2D eigenvalue weighted by Crippen LogP contribution is 2.36. The lowest BCUT2D eigenvalue weighted by atomic mass is 9.79. The van der Waals surface area contributed by atoms with Crippen LogP contribution in [-0.4, -0.2) is 17.1 Å². The molecule has 3 nitrogen and oxygen atoms in total. The number of halogens is 2. The van der Waals surface area contributed by atoms with Gasteiger partial charge in [0.25, 0.3) is 0 Å². The Kier molecular flexibility index (Phi) is 5.40. The van der Waals surface area contributed by atoms with Crippen LogP contribution in [0.15, 0.2) is 18.2 Å². The van der Waals surface area contributed by atoms with E-state index in [9.17, 15) is 13.6 Å². The molecule has 0 amide bonds. The zero-order chi connectivity index (χ0) is 17.2. The minimum absolute atomic E-state index is 0.152. The molecule has 5 heteroatoms. The first-order valence-electron chi connectivity index (χ1n) is 8.12. The largest absolute Gasteiger partial charge is 0.481 e. The van der Waals surface area contributed by atoms with Crippen molar-refractivity contribution in [2.24, 2.45) is 11.3 Å². The summed E-state index contributed by atoms with van der Waals surface area (Å²) in [5.41, 5.74) is 0.210. The second-order valence-corrected chi connectivity index (χ2v) is 7.52. The van der Waals surface area contributed by atoms with Crippen molar-refractivity contribution in [2.75, 3.05) is 0 Å². The molecule has 1 aromatic carbocycles. The summed E-state index contributed by atoms with van der Waals surface area (Å²) in [7, 11) is 0. The summed E-state index contributed by atoms with van der Waals surface area (Å²) in [6.07, 6.45) is 2.78. The van der Waals surface area contributed by atoms with Gasteiger partial charge in [0.15, 0.2) is 0 Å². The number of nitrogens with one attached hydrogen (secondary N) is 1. The smallest absolute Gasteiger partial charge is 0.306 e. The van der Waals surface area contributed by atoms with Gasteiger partial charge in [-0.2, -0.15) is 0 Å². The van der Waals surface area contributed by atoms with Gasteiger partial charge >= 0.3 is 5.97 Å². The molecule has 0 saturated heterocycles. The SMILES string of the molecule is CC(C)(C)C(NC1CCC(C(=O)O)CC1)c1ccc(F)cc1F. The maximum absolute atomic E-state index is 14.2. The fourth-order valence-corrected chi connectivity index (χ4v) is 3.28. The molecule has 1 fully saturated rings. The molecular formula is C18H25F2NO2. The van der Waals surface area contributed by atoms with Crippen LogP contribution in [0, 0.1) is 23.0 Å². The number of rotatable bonds is 4. The lowest BCUT2D eigenvalue weighted by Gasteiger charge is -2.37. The van der Waals surface area contributed by atoms with Gasteiger partial charge in [0.05, 0.1) is 5.92 Å². The van der Waals surface area contributed by atoms with Crippen LogP contribution in [0.5, 0.6) is 0 Å². The normalized spacial score (nSPS) is 23.5. The minimum Gasteiger partial charge on any atom is -0.481 e. The Morgan fingerprint density at radius 2 is 1.83 bits per heavy atom. The molecule has 1 atom stereocenters. The third-order valence-corrected chi connectivity index (χ3v) is 4.62. The van der Waals surface area contributed by atoms with Crippen LogP contribution in [0.1, 0.15) is 58.1 Å². The number of hydrogen-bond donors (Lipinski definition) is 2. The van der Waals surface area contributed by atoms with E-state index in [1.165, 1.54) is 12.1 Å². The van der Waals surface area contributed by atoms with E-state index in [0.29, 0.717) is 18.4 Å². The Labute approximate surface area is 136 Å². The molecule has 1 aromatic rings.